The van der Waals surface area contributed by atoms with Gasteiger partial charge in [0.2, 0.25) is 0 Å². The fourth-order valence-corrected chi connectivity index (χ4v) is 1.99. The standard InChI is InChI=1S/C9H10ClN5O4/c10-4-3-15(9(18)13-8(4)17)7-1-5(16)6(19-7)2-12-14-11/h3,5-7,16H,1-2H2,(H,13,17,18)/t5-,6+,7+/m0/s1. The smallest absolute Gasteiger partial charge is 0.330 e. The molecule has 2 N–H and O–H groups in total. The van der Waals surface area contributed by atoms with Crippen LogP contribution < -0.4 is 11.2 Å². The monoisotopic (exact) mass is 287 g/mol. The number of nitrogens with zero attached hydrogens (tertiary/aromatic N) is 4. The van der Waals surface area contributed by atoms with Crippen molar-refractivity contribution in [1.82, 2.24) is 9.55 Å². The Kier molecular flexibility index (Phi) is 3.91. The number of aromatic nitrogens is 2. The Balaban J connectivity index is 2.25. The first-order valence-corrected chi connectivity index (χ1v) is 5.76. The molecule has 0 saturated carbocycles. The van der Waals surface area contributed by atoms with Crippen molar-refractivity contribution in [3.05, 3.63) is 42.5 Å². The molecular formula is C9H10ClN5O4. The number of halogens is 1. The summed E-state index contributed by atoms with van der Waals surface area (Å²) in [6, 6.07) is 0. The van der Waals surface area contributed by atoms with E-state index in [9.17, 15) is 14.7 Å². The second-order valence-corrected chi connectivity index (χ2v) is 4.40. The van der Waals surface area contributed by atoms with Crippen LogP contribution in [0.25, 0.3) is 10.4 Å². The molecule has 0 spiro atoms. The molecule has 2 rings (SSSR count). The maximum atomic E-state index is 11.6. The Morgan fingerprint density at radius 3 is 3.11 bits per heavy atom. The third kappa shape index (κ3) is 2.79. The highest BCUT2D eigenvalue weighted by atomic mass is 35.5. The fourth-order valence-electron chi connectivity index (χ4n) is 1.84. The third-order valence-electron chi connectivity index (χ3n) is 2.76. The molecule has 10 heteroatoms. The Labute approximate surface area is 111 Å². The molecule has 1 fully saturated rings. The lowest BCUT2D eigenvalue weighted by Crippen LogP contribution is -2.32. The molecule has 19 heavy (non-hydrogen) atoms. The summed E-state index contributed by atoms with van der Waals surface area (Å²) in [6.45, 7) is -0.0417. The number of nitrogens with one attached hydrogen (secondary N) is 1. The molecule has 1 aromatic heterocycles. The minimum absolute atomic E-state index is 0.0417. The van der Waals surface area contributed by atoms with Crippen LogP contribution in [-0.4, -0.2) is 33.4 Å². The van der Waals surface area contributed by atoms with Gasteiger partial charge in [0.05, 0.1) is 18.8 Å². The van der Waals surface area contributed by atoms with Crippen molar-refractivity contribution in [2.45, 2.75) is 24.9 Å². The van der Waals surface area contributed by atoms with Gasteiger partial charge in [-0.2, -0.15) is 0 Å². The van der Waals surface area contributed by atoms with E-state index in [1.807, 2.05) is 4.98 Å². The van der Waals surface area contributed by atoms with Crippen molar-refractivity contribution in [3.63, 3.8) is 0 Å². The highest BCUT2D eigenvalue weighted by Crippen LogP contribution is 2.27. The molecule has 9 nitrogen and oxygen atoms in total. The second-order valence-electron chi connectivity index (χ2n) is 3.99. The van der Waals surface area contributed by atoms with Crippen LogP contribution in [0.2, 0.25) is 5.02 Å². The summed E-state index contributed by atoms with van der Waals surface area (Å²) in [5.74, 6) is 0. The Bertz CT molecular complexity index is 634. The molecule has 1 aliphatic rings. The molecule has 0 aliphatic carbocycles. The molecule has 1 saturated heterocycles. The van der Waals surface area contributed by atoms with E-state index in [0.717, 1.165) is 10.8 Å². The van der Waals surface area contributed by atoms with Gasteiger partial charge in [0.15, 0.2) is 0 Å². The topological polar surface area (TPSA) is 133 Å². The lowest BCUT2D eigenvalue weighted by Gasteiger charge is -2.14. The molecule has 0 radical (unpaired) electrons. The first kappa shape index (κ1) is 13.6. The molecule has 102 valence electrons. The third-order valence-corrected chi connectivity index (χ3v) is 3.03. The molecule has 0 amide bonds. The van der Waals surface area contributed by atoms with E-state index in [2.05, 4.69) is 10.0 Å². The van der Waals surface area contributed by atoms with Crippen LogP contribution >= 0.6 is 11.6 Å². The van der Waals surface area contributed by atoms with Crippen molar-refractivity contribution in [2.24, 2.45) is 5.11 Å². The van der Waals surface area contributed by atoms with Gasteiger partial charge < -0.3 is 9.84 Å². The maximum absolute atomic E-state index is 11.6. The summed E-state index contributed by atoms with van der Waals surface area (Å²) in [5.41, 5.74) is 6.84. The van der Waals surface area contributed by atoms with E-state index in [-0.39, 0.29) is 18.0 Å². The predicted molar refractivity (Wildman–Crippen MR) is 64.9 cm³/mol. The highest BCUT2D eigenvalue weighted by Gasteiger charge is 2.35. The average Bonchev–Trinajstić information content (AvgIpc) is 2.72. The van der Waals surface area contributed by atoms with Crippen molar-refractivity contribution >= 4 is 11.6 Å². The van der Waals surface area contributed by atoms with E-state index in [0.29, 0.717) is 0 Å². The Morgan fingerprint density at radius 2 is 2.42 bits per heavy atom. The van der Waals surface area contributed by atoms with Gasteiger partial charge in [0.25, 0.3) is 5.56 Å². The summed E-state index contributed by atoms with van der Waals surface area (Å²) in [5, 5.41) is 12.9. The summed E-state index contributed by atoms with van der Waals surface area (Å²) in [7, 11) is 0. The molecule has 0 aromatic carbocycles. The molecular weight excluding hydrogens is 278 g/mol. The number of hydrogen-bond donors (Lipinski definition) is 2. The first-order valence-electron chi connectivity index (χ1n) is 5.38. The fraction of sp³-hybridized carbons (Fsp3) is 0.556. The zero-order valence-electron chi connectivity index (χ0n) is 9.56. The number of H-pyrrole nitrogens is 1. The van der Waals surface area contributed by atoms with Crippen LogP contribution in [-0.2, 0) is 4.74 Å². The SMILES string of the molecule is [N-]=[N+]=NC[C@H]1O[C@@H](n2cc(Cl)c(=O)[nH]c2=O)C[C@@H]1O. The molecule has 0 unspecified atom stereocenters. The number of aliphatic hydroxyl groups is 1. The van der Waals surface area contributed by atoms with E-state index in [4.69, 9.17) is 21.9 Å². The molecule has 0 bridgehead atoms. The van der Waals surface area contributed by atoms with Crippen LogP contribution in [0.15, 0.2) is 20.9 Å². The van der Waals surface area contributed by atoms with Gasteiger partial charge >= 0.3 is 5.69 Å². The quantitative estimate of drug-likeness (QED) is 0.465. The number of rotatable bonds is 3. The molecule has 1 aromatic rings. The lowest BCUT2D eigenvalue weighted by molar-refractivity contribution is -0.0150. The number of aromatic amines is 1. The van der Waals surface area contributed by atoms with Crippen molar-refractivity contribution < 1.29 is 9.84 Å². The van der Waals surface area contributed by atoms with Gasteiger partial charge in [-0.3, -0.25) is 14.3 Å². The Hall–Kier alpha value is -1.80. The van der Waals surface area contributed by atoms with Crippen LogP contribution in [0.5, 0.6) is 0 Å². The van der Waals surface area contributed by atoms with Crippen LogP contribution in [0.3, 0.4) is 0 Å². The van der Waals surface area contributed by atoms with E-state index < -0.39 is 29.7 Å². The average molecular weight is 288 g/mol. The lowest BCUT2D eigenvalue weighted by atomic mass is 10.2. The zero-order chi connectivity index (χ0) is 14.0. The summed E-state index contributed by atoms with van der Waals surface area (Å²) in [6.07, 6.45) is -1.05. The van der Waals surface area contributed by atoms with Gasteiger partial charge in [-0.05, 0) is 5.53 Å². The highest BCUT2D eigenvalue weighted by molar-refractivity contribution is 6.30. The van der Waals surface area contributed by atoms with Crippen LogP contribution in [0, 0.1) is 0 Å². The normalized spacial score (nSPS) is 26.1. The van der Waals surface area contributed by atoms with Gasteiger partial charge in [-0.1, -0.05) is 16.7 Å². The van der Waals surface area contributed by atoms with Crippen molar-refractivity contribution in [2.75, 3.05) is 6.54 Å². The van der Waals surface area contributed by atoms with Gasteiger partial charge in [-0.15, -0.1) is 0 Å². The van der Waals surface area contributed by atoms with Gasteiger partial charge in [-0.25, -0.2) is 4.79 Å². The number of azide groups is 1. The molecule has 3 atom stereocenters. The molecule has 1 aliphatic heterocycles. The van der Waals surface area contributed by atoms with E-state index >= 15 is 0 Å². The first-order chi connectivity index (χ1) is 9.02. The minimum atomic E-state index is -0.867. The predicted octanol–water partition coefficient (Wildman–Crippen LogP) is 0.149. The number of hydrogen-bond acceptors (Lipinski definition) is 5. The second kappa shape index (κ2) is 5.45. The number of ether oxygens (including phenoxy) is 1. The minimum Gasteiger partial charge on any atom is -0.390 e. The number of aliphatic hydroxyl groups excluding tert-OH is 1. The van der Waals surface area contributed by atoms with Crippen LogP contribution in [0.4, 0.5) is 0 Å². The maximum Gasteiger partial charge on any atom is 0.330 e. The van der Waals surface area contributed by atoms with Crippen molar-refractivity contribution in [1.29, 1.82) is 0 Å². The summed E-state index contributed by atoms with van der Waals surface area (Å²) >= 11 is 5.63. The van der Waals surface area contributed by atoms with Gasteiger partial charge in [0.1, 0.15) is 11.3 Å². The molecule has 2 heterocycles. The summed E-state index contributed by atoms with van der Waals surface area (Å²) < 4.78 is 6.49. The largest absolute Gasteiger partial charge is 0.390 e. The Morgan fingerprint density at radius 1 is 1.68 bits per heavy atom. The summed E-state index contributed by atoms with van der Waals surface area (Å²) in [4.78, 5) is 27.3. The zero-order valence-corrected chi connectivity index (χ0v) is 10.3. The van der Waals surface area contributed by atoms with Gasteiger partial charge in [0, 0.05) is 17.5 Å². The van der Waals surface area contributed by atoms with E-state index in [1.54, 1.807) is 0 Å². The van der Waals surface area contributed by atoms with Crippen LogP contribution in [0.1, 0.15) is 12.6 Å². The van der Waals surface area contributed by atoms with Crippen molar-refractivity contribution in [3.8, 4) is 0 Å². The van der Waals surface area contributed by atoms with E-state index in [1.165, 1.54) is 0 Å².